The van der Waals surface area contributed by atoms with E-state index in [9.17, 15) is 5.11 Å². The Kier molecular flexibility index (Phi) is 5.24. The lowest BCUT2D eigenvalue weighted by Crippen LogP contribution is -2.00. The van der Waals surface area contributed by atoms with Crippen LogP contribution in [0.15, 0.2) is 60.7 Å². The first-order valence-electron chi connectivity index (χ1n) is 7.48. The van der Waals surface area contributed by atoms with Crippen molar-refractivity contribution in [2.75, 3.05) is 10.6 Å². The monoisotopic (exact) mass is 324 g/mol. The van der Waals surface area contributed by atoms with E-state index < -0.39 is 0 Å². The zero-order chi connectivity index (χ0) is 15.9. The van der Waals surface area contributed by atoms with Crippen LogP contribution in [0.25, 0.3) is 0 Å². The van der Waals surface area contributed by atoms with Gasteiger partial charge in [-0.25, -0.2) is 10.1 Å². The summed E-state index contributed by atoms with van der Waals surface area (Å²) in [5.74, 6) is 0. The largest absolute Gasteiger partial charge is 0.380 e. The van der Waals surface area contributed by atoms with Crippen molar-refractivity contribution in [2.45, 2.75) is 19.7 Å². The molecule has 0 fully saturated rings. The van der Waals surface area contributed by atoms with Crippen molar-refractivity contribution in [1.82, 2.24) is 4.98 Å². The molecule has 0 atom stereocenters. The molecule has 117 valence electrons. The molecule has 0 amide bonds. The van der Waals surface area contributed by atoms with E-state index >= 15 is 0 Å². The van der Waals surface area contributed by atoms with Crippen molar-refractivity contribution in [3.63, 3.8) is 0 Å². The minimum Gasteiger partial charge on any atom is -0.380 e. The van der Waals surface area contributed by atoms with Crippen molar-refractivity contribution in [3.05, 3.63) is 76.2 Å². The number of benzene rings is 2. The van der Waals surface area contributed by atoms with Gasteiger partial charge in [0, 0.05) is 16.3 Å². The van der Waals surface area contributed by atoms with Gasteiger partial charge in [0.05, 0.1) is 18.8 Å². The van der Waals surface area contributed by atoms with Gasteiger partial charge in [-0.15, -0.1) is 11.3 Å². The van der Waals surface area contributed by atoms with Crippen LogP contribution < -0.4 is 10.6 Å². The van der Waals surface area contributed by atoms with Crippen LogP contribution in [0.1, 0.15) is 15.6 Å². The summed E-state index contributed by atoms with van der Waals surface area (Å²) in [5.41, 5.74) is 2.74. The Morgan fingerprint density at radius 3 is 1.96 bits per heavy atom. The average Bonchev–Trinajstić information content (AvgIpc) is 3.02. The standard InChI is InChI=1S/C18H18N3OS/c22-13-16-17(11-19-14-7-3-1-4-8-14)23-18(21-16)12-20-15-9-5-2-6-10-15/h1-10,19-20H,11-13H2. The van der Waals surface area contributed by atoms with Crippen LogP contribution in [-0.2, 0) is 24.8 Å². The molecule has 0 aliphatic rings. The van der Waals surface area contributed by atoms with Crippen LogP contribution in [0.4, 0.5) is 11.4 Å². The highest BCUT2D eigenvalue weighted by atomic mass is 32.1. The van der Waals surface area contributed by atoms with Gasteiger partial charge in [0.1, 0.15) is 11.6 Å². The smallest absolute Gasteiger partial charge is 0.125 e. The molecule has 2 aromatic carbocycles. The maximum absolute atomic E-state index is 11.3. The van der Waals surface area contributed by atoms with Gasteiger partial charge < -0.3 is 10.6 Å². The Morgan fingerprint density at radius 1 is 0.826 bits per heavy atom. The summed E-state index contributed by atoms with van der Waals surface area (Å²) in [4.78, 5) is 5.47. The highest BCUT2D eigenvalue weighted by Gasteiger charge is 2.10. The third kappa shape index (κ3) is 4.31. The topological polar surface area (TPSA) is 56.9 Å². The molecule has 0 aliphatic heterocycles. The zero-order valence-electron chi connectivity index (χ0n) is 12.7. The molecule has 1 heterocycles. The molecule has 3 rings (SSSR count). The molecule has 1 radical (unpaired) electrons. The highest BCUT2D eigenvalue weighted by Crippen LogP contribution is 2.21. The number of anilines is 2. The SMILES string of the molecule is [O]Cc1nc(CNc2ccccc2)sc1CNc1ccccc1. The van der Waals surface area contributed by atoms with Gasteiger partial charge in [-0.2, -0.15) is 0 Å². The second-order valence-corrected chi connectivity index (χ2v) is 6.23. The summed E-state index contributed by atoms with van der Waals surface area (Å²) in [6, 6.07) is 20.0. The van der Waals surface area contributed by atoms with Crippen LogP contribution in [0.5, 0.6) is 0 Å². The lowest BCUT2D eigenvalue weighted by molar-refractivity contribution is 0.173. The molecule has 5 heteroatoms. The summed E-state index contributed by atoms with van der Waals surface area (Å²) in [6.07, 6.45) is 0. The van der Waals surface area contributed by atoms with Crippen LogP contribution in [0.3, 0.4) is 0 Å². The van der Waals surface area contributed by atoms with E-state index in [0.29, 0.717) is 18.8 Å². The fraction of sp³-hybridized carbons (Fsp3) is 0.167. The highest BCUT2D eigenvalue weighted by molar-refractivity contribution is 7.11. The molecule has 2 N–H and O–H groups in total. The molecular weight excluding hydrogens is 306 g/mol. The first-order valence-corrected chi connectivity index (χ1v) is 8.30. The Morgan fingerprint density at radius 2 is 1.39 bits per heavy atom. The Labute approximate surface area is 139 Å². The first-order chi connectivity index (χ1) is 11.3. The van der Waals surface area contributed by atoms with Gasteiger partial charge in [0.15, 0.2) is 0 Å². The quantitative estimate of drug-likeness (QED) is 0.681. The summed E-state index contributed by atoms with van der Waals surface area (Å²) < 4.78 is 0. The third-order valence-electron chi connectivity index (χ3n) is 3.40. The van der Waals surface area contributed by atoms with E-state index in [-0.39, 0.29) is 6.61 Å². The number of hydrogen-bond acceptors (Lipinski definition) is 4. The molecule has 0 unspecified atom stereocenters. The van der Waals surface area contributed by atoms with Gasteiger partial charge in [-0.3, -0.25) is 0 Å². The predicted molar refractivity (Wildman–Crippen MR) is 94.0 cm³/mol. The van der Waals surface area contributed by atoms with Gasteiger partial charge in [0.2, 0.25) is 0 Å². The number of rotatable bonds is 7. The summed E-state index contributed by atoms with van der Waals surface area (Å²) in [6.45, 7) is 0.977. The number of nitrogens with one attached hydrogen (secondary N) is 2. The first kappa shape index (κ1) is 15.5. The van der Waals surface area contributed by atoms with E-state index in [1.54, 1.807) is 11.3 Å². The van der Waals surface area contributed by atoms with Crippen LogP contribution >= 0.6 is 11.3 Å². The summed E-state index contributed by atoms with van der Waals surface area (Å²) >= 11 is 1.59. The predicted octanol–water partition coefficient (Wildman–Crippen LogP) is 4.30. The van der Waals surface area contributed by atoms with E-state index in [1.165, 1.54) is 0 Å². The van der Waals surface area contributed by atoms with Crippen LogP contribution in [-0.4, -0.2) is 4.98 Å². The second-order valence-electron chi connectivity index (χ2n) is 5.06. The molecular formula is C18H18N3OS. The third-order valence-corrected chi connectivity index (χ3v) is 4.50. The number of hydrogen-bond donors (Lipinski definition) is 2. The molecule has 0 spiro atoms. The minimum atomic E-state index is -0.284. The lowest BCUT2D eigenvalue weighted by atomic mass is 10.3. The van der Waals surface area contributed by atoms with Crippen LogP contribution in [0, 0.1) is 0 Å². The Balaban J connectivity index is 1.63. The fourth-order valence-corrected chi connectivity index (χ4v) is 3.19. The Bertz CT molecular complexity index is 729. The fourth-order valence-electron chi connectivity index (χ4n) is 2.24. The van der Waals surface area contributed by atoms with Crippen molar-refractivity contribution in [2.24, 2.45) is 0 Å². The van der Waals surface area contributed by atoms with Crippen molar-refractivity contribution in [1.29, 1.82) is 0 Å². The summed E-state index contributed by atoms with van der Waals surface area (Å²) in [5, 5.41) is 18.9. The molecule has 4 nitrogen and oxygen atoms in total. The molecule has 0 saturated heterocycles. The van der Waals surface area contributed by atoms with E-state index in [4.69, 9.17) is 0 Å². The van der Waals surface area contributed by atoms with Crippen molar-refractivity contribution < 1.29 is 5.11 Å². The minimum absolute atomic E-state index is 0.284. The van der Waals surface area contributed by atoms with Crippen molar-refractivity contribution in [3.8, 4) is 0 Å². The zero-order valence-corrected chi connectivity index (χ0v) is 13.5. The number of nitrogens with zero attached hydrogens (tertiary/aromatic N) is 1. The van der Waals surface area contributed by atoms with Gasteiger partial charge in [0.25, 0.3) is 0 Å². The maximum Gasteiger partial charge on any atom is 0.125 e. The Hall–Kier alpha value is -2.37. The molecule has 0 bridgehead atoms. The molecule has 1 aromatic heterocycles. The van der Waals surface area contributed by atoms with Gasteiger partial charge in [-0.1, -0.05) is 36.4 Å². The number of aromatic nitrogens is 1. The van der Waals surface area contributed by atoms with Gasteiger partial charge >= 0.3 is 0 Å². The molecule has 3 aromatic rings. The normalized spacial score (nSPS) is 10.5. The van der Waals surface area contributed by atoms with Gasteiger partial charge in [-0.05, 0) is 24.3 Å². The van der Waals surface area contributed by atoms with Crippen molar-refractivity contribution >= 4 is 22.7 Å². The van der Waals surface area contributed by atoms with E-state index in [2.05, 4.69) is 15.6 Å². The van der Waals surface area contributed by atoms with E-state index in [0.717, 1.165) is 21.3 Å². The maximum atomic E-state index is 11.3. The number of thiazole rings is 1. The van der Waals surface area contributed by atoms with Crippen LogP contribution in [0.2, 0.25) is 0 Å². The second kappa shape index (κ2) is 7.76. The molecule has 23 heavy (non-hydrogen) atoms. The summed E-state index contributed by atoms with van der Waals surface area (Å²) in [7, 11) is 0. The molecule has 0 aliphatic carbocycles. The number of para-hydroxylation sites is 2. The van der Waals surface area contributed by atoms with E-state index in [1.807, 2.05) is 60.7 Å². The average molecular weight is 324 g/mol. The molecule has 0 saturated carbocycles. The lowest BCUT2D eigenvalue weighted by Gasteiger charge is -2.04.